The quantitative estimate of drug-likeness (QED) is 0.710. The minimum atomic E-state index is 0.276. The molecule has 0 amide bonds. The highest BCUT2D eigenvalue weighted by atomic mass is 16.3. The van der Waals surface area contributed by atoms with Crippen molar-refractivity contribution in [3.63, 3.8) is 0 Å². The lowest BCUT2D eigenvalue weighted by atomic mass is 9.82. The van der Waals surface area contributed by atoms with Crippen LogP contribution < -0.4 is 5.32 Å². The predicted molar refractivity (Wildman–Crippen MR) is 71.1 cm³/mol. The summed E-state index contributed by atoms with van der Waals surface area (Å²) in [5.41, 5.74) is 0.555. The van der Waals surface area contributed by atoms with Crippen LogP contribution in [0.4, 0.5) is 0 Å². The van der Waals surface area contributed by atoms with E-state index >= 15 is 0 Å². The van der Waals surface area contributed by atoms with Crippen molar-refractivity contribution in [2.24, 2.45) is 5.41 Å². The molecule has 0 aromatic heterocycles. The fourth-order valence-electron chi connectivity index (χ4n) is 3.07. The van der Waals surface area contributed by atoms with Gasteiger partial charge in [-0.25, -0.2) is 0 Å². The molecule has 17 heavy (non-hydrogen) atoms. The molecule has 0 bridgehead atoms. The number of likely N-dealkylation sites (tertiary alicyclic amines) is 1. The molecular formula is C14H28N2O. The topological polar surface area (TPSA) is 35.5 Å². The third-order valence-corrected chi connectivity index (χ3v) is 4.77. The number of nitrogens with one attached hydrogen (secondary N) is 1. The van der Waals surface area contributed by atoms with E-state index in [1.807, 2.05) is 0 Å². The van der Waals surface area contributed by atoms with Crippen molar-refractivity contribution in [3.8, 4) is 0 Å². The van der Waals surface area contributed by atoms with Gasteiger partial charge < -0.3 is 15.3 Å². The molecule has 1 heterocycles. The average Bonchev–Trinajstić information content (AvgIpc) is 3.08. The molecule has 2 rings (SSSR count). The maximum absolute atomic E-state index is 9.42. The summed E-state index contributed by atoms with van der Waals surface area (Å²) in [5, 5.41) is 13.0. The fourth-order valence-corrected chi connectivity index (χ4v) is 3.07. The van der Waals surface area contributed by atoms with Gasteiger partial charge in [0.15, 0.2) is 0 Å². The molecule has 0 aromatic carbocycles. The van der Waals surface area contributed by atoms with E-state index in [0.29, 0.717) is 11.5 Å². The molecule has 1 aliphatic carbocycles. The van der Waals surface area contributed by atoms with Crippen LogP contribution in [0.25, 0.3) is 0 Å². The first-order chi connectivity index (χ1) is 8.21. The summed E-state index contributed by atoms with van der Waals surface area (Å²) in [4.78, 5) is 2.54. The van der Waals surface area contributed by atoms with Gasteiger partial charge in [0.05, 0.1) is 6.61 Å². The average molecular weight is 240 g/mol. The van der Waals surface area contributed by atoms with Crippen LogP contribution in [0.5, 0.6) is 0 Å². The monoisotopic (exact) mass is 240 g/mol. The first-order valence-electron chi connectivity index (χ1n) is 7.30. The number of hydrogen-bond donors (Lipinski definition) is 2. The summed E-state index contributed by atoms with van der Waals surface area (Å²) >= 11 is 0. The van der Waals surface area contributed by atoms with Crippen molar-refractivity contribution in [1.29, 1.82) is 0 Å². The van der Waals surface area contributed by atoms with E-state index in [0.717, 1.165) is 6.54 Å². The molecule has 3 nitrogen and oxygen atoms in total. The third kappa shape index (κ3) is 3.43. The van der Waals surface area contributed by atoms with Crippen molar-refractivity contribution >= 4 is 0 Å². The molecule has 2 N–H and O–H groups in total. The summed E-state index contributed by atoms with van der Waals surface area (Å²) in [5.74, 6) is 0. The predicted octanol–water partition coefficient (Wildman–Crippen LogP) is 1.61. The van der Waals surface area contributed by atoms with Crippen LogP contribution in [0.1, 0.15) is 46.0 Å². The second-order valence-electron chi connectivity index (χ2n) is 6.01. The van der Waals surface area contributed by atoms with E-state index in [9.17, 15) is 5.11 Å². The molecule has 0 radical (unpaired) electrons. The minimum Gasteiger partial charge on any atom is -0.395 e. The van der Waals surface area contributed by atoms with Crippen LogP contribution in [0.2, 0.25) is 0 Å². The first-order valence-corrected chi connectivity index (χ1v) is 7.30. The Morgan fingerprint density at radius 1 is 1.35 bits per heavy atom. The highest BCUT2D eigenvalue weighted by molar-refractivity contribution is 4.91. The summed E-state index contributed by atoms with van der Waals surface area (Å²) < 4.78 is 0. The fraction of sp³-hybridized carbons (Fsp3) is 1.00. The van der Waals surface area contributed by atoms with E-state index < -0.39 is 0 Å². The molecule has 2 fully saturated rings. The second kappa shape index (κ2) is 5.68. The van der Waals surface area contributed by atoms with Gasteiger partial charge in [0, 0.05) is 25.2 Å². The van der Waals surface area contributed by atoms with E-state index in [1.54, 1.807) is 0 Å². The molecular weight excluding hydrogens is 212 g/mol. The van der Waals surface area contributed by atoms with Gasteiger partial charge in [-0.05, 0) is 44.1 Å². The highest BCUT2D eigenvalue weighted by Crippen LogP contribution is 2.36. The Labute approximate surface area is 106 Å². The Balaban J connectivity index is 1.78. The molecule has 0 spiro atoms. The van der Waals surface area contributed by atoms with E-state index in [4.69, 9.17) is 0 Å². The number of aliphatic hydroxyl groups excluding tert-OH is 1. The number of aliphatic hydroxyl groups is 1. The zero-order valence-electron chi connectivity index (χ0n) is 11.4. The van der Waals surface area contributed by atoms with Crippen LogP contribution in [-0.2, 0) is 0 Å². The van der Waals surface area contributed by atoms with Crippen molar-refractivity contribution in [2.45, 2.75) is 58.0 Å². The van der Waals surface area contributed by atoms with Gasteiger partial charge in [0.2, 0.25) is 0 Å². The van der Waals surface area contributed by atoms with Gasteiger partial charge >= 0.3 is 0 Å². The van der Waals surface area contributed by atoms with Crippen molar-refractivity contribution in [2.75, 3.05) is 26.2 Å². The summed E-state index contributed by atoms with van der Waals surface area (Å²) in [6, 6.07) is 0.976. The lowest BCUT2D eigenvalue weighted by Gasteiger charge is -2.28. The van der Waals surface area contributed by atoms with Crippen LogP contribution >= 0.6 is 0 Å². The van der Waals surface area contributed by atoms with Gasteiger partial charge in [0.1, 0.15) is 0 Å². The Bertz CT molecular complexity index is 236. The maximum atomic E-state index is 9.42. The number of hydrogen-bond acceptors (Lipinski definition) is 3. The Hall–Kier alpha value is -0.120. The van der Waals surface area contributed by atoms with Crippen LogP contribution in [0, 0.1) is 5.41 Å². The normalized spacial score (nSPS) is 26.3. The van der Waals surface area contributed by atoms with Gasteiger partial charge in [-0.2, -0.15) is 0 Å². The summed E-state index contributed by atoms with van der Waals surface area (Å²) in [6.45, 7) is 8.37. The minimum absolute atomic E-state index is 0.276. The van der Waals surface area contributed by atoms with Crippen LogP contribution in [-0.4, -0.2) is 48.3 Å². The number of nitrogens with zero attached hydrogens (tertiary/aromatic N) is 1. The molecule has 1 saturated heterocycles. The largest absolute Gasteiger partial charge is 0.395 e. The first kappa shape index (κ1) is 13.3. The molecule has 2 aliphatic rings. The standard InChI is InChI=1S/C14H28N2O/c1-3-14(4-2)7-8-16(11-14)9-13(10-17)15-12-5-6-12/h12-13,15,17H,3-11H2,1-2H3. The molecule has 3 heteroatoms. The van der Waals surface area contributed by atoms with Crippen LogP contribution in [0.15, 0.2) is 0 Å². The van der Waals surface area contributed by atoms with E-state index in [-0.39, 0.29) is 12.6 Å². The molecule has 1 aliphatic heterocycles. The Morgan fingerprint density at radius 3 is 2.53 bits per heavy atom. The lowest BCUT2D eigenvalue weighted by Crippen LogP contribution is -2.44. The van der Waals surface area contributed by atoms with Gasteiger partial charge in [0.25, 0.3) is 0 Å². The van der Waals surface area contributed by atoms with E-state index in [2.05, 4.69) is 24.1 Å². The summed E-state index contributed by atoms with van der Waals surface area (Å²) in [6.07, 6.45) is 6.51. The summed E-state index contributed by atoms with van der Waals surface area (Å²) in [7, 11) is 0. The molecule has 1 atom stereocenters. The van der Waals surface area contributed by atoms with Gasteiger partial charge in [-0.3, -0.25) is 0 Å². The zero-order valence-corrected chi connectivity index (χ0v) is 11.4. The van der Waals surface area contributed by atoms with E-state index in [1.165, 1.54) is 45.2 Å². The molecule has 1 saturated carbocycles. The highest BCUT2D eigenvalue weighted by Gasteiger charge is 2.36. The Morgan fingerprint density at radius 2 is 2.06 bits per heavy atom. The molecule has 0 aromatic rings. The van der Waals surface area contributed by atoms with Crippen molar-refractivity contribution < 1.29 is 5.11 Å². The van der Waals surface area contributed by atoms with Crippen LogP contribution in [0.3, 0.4) is 0 Å². The maximum Gasteiger partial charge on any atom is 0.0597 e. The molecule has 1 unspecified atom stereocenters. The smallest absolute Gasteiger partial charge is 0.0597 e. The third-order valence-electron chi connectivity index (χ3n) is 4.77. The second-order valence-corrected chi connectivity index (χ2v) is 6.01. The zero-order chi connectivity index (χ0) is 12.3. The van der Waals surface area contributed by atoms with Gasteiger partial charge in [-0.15, -0.1) is 0 Å². The van der Waals surface area contributed by atoms with Gasteiger partial charge in [-0.1, -0.05) is 13.8 Å². The van der Waals surface area contributed by atoms with Crippen molar-refractivity contribution in [3.05, 3.63) is 0 Å². The lowest BCUT2D eigenvalue weighted by molar-refractivity contribution is 0.180. The van der Waals surface area contributed by atoms with Crippen molar-refractivity contribution in [1.82, 2.24) is 10.2 Å². The SMILES string of the molecule is CCC1(CC)CCN(CC(CO)NC2CC2)C1. The Kier molecular flexibility index (Phi) is 4.45. The molecule has 100 valence electrons. The number of rotatable bonds is 7.